The number of anilines is 2. The van der Waals surface area contributed by atoms with Crippen molar-refractivity contribution in [1.29, 1.82) is 0 Å². The Kier molecular flexibility index (Phi) is 3.59. The van der Waals surface area contributed by atoms with Crippen molar-refractivity contribution in [2.75, 3.05) is 5.32 Å². The van der Waals surface area contributed by atoms with E-state index in [1.54, 1.807) is 0 Å². The summed E-state index contributed by atoms with van der Waals surface area (Å²) in [6.45, 7) is 2.08. The number of hydrogen-bond donors (Lipinski definition) is 1. The summed E-state index contributed by atoms with van der Waals surface area (Å²) in [5.41, 5.74) is 6.23. The number of hydrogen-bond acceptors (Lipinski definition) is 3. The van der Waals surface area contributed by atoms with Crippen molar-refractivity contribution in [3.63, 3.8) is 0 Å². The molecule has 3 heteroatoms. The smallest absolute Gasteiger partial charge is 0.342 e. The number of nitrogens with one attached hydrogen (secondary N) is 1. The summed E-state index contributed by atoms with van der Waals surface area (Å²) >= 11 is 0. The van der Waals surface area contributed by atoms with Crippen molar-refractivity contribution >= 4 is 33.1 Å². The molecule has 0 amide bonds. The average molecular weight is 389 g/mol. The van der Waals surface area contributed by atoms with Crippen LogP contribution in [0.15, 0.2) is 94.1 Å². The van der Waals surface area contributed by atoms with Crippen LogP contribution in [0.1, 0.15) is 28.2 Å². The minimum absolute atomic E-state index is 0.205. The van der Waals surface area contributed by atoms with E-state index in [-0.39, 0.29) is 11.5 Å². The normalized spacial score (nSPS) is 14.9. The first-order valence-electron chi connectivity index (χ1n) is 10.1. The highest BCUT2D eigenvalue weighted by Gasteiger charge is 2.33. The summed E-state index contributed by atoms with van der Waals surface area (Å²) in [6, 6.07) is 28.7. The second-order valence-electron chi connectivity index (χ2n) is 7.89. The number of benzene rings is 4. The zero-order valence-electron chi connectivity index (χ0n) is 16.5. The van der Waals surface area contributed by atoms with Gasteiger partial charge in [-0.05, 0) is 47.0 Å². The highest BCUT2D eigenvalue weighted by atomic mass is 16.4. The molecular formula is C27H19NO2. The van der Waals surface area contributed by atoms with Crippen LogP contribution in [0.4, 0.5) is 11.4 Å². The number of aryl methyl sites for hydroxylation is 1. The first-order valence-corrected chi connectivity index (χ1v) is 10.1. The van der Waals surface area contributed by atoms with Crippen LogP contribution in [-0.2, 0) is 0 Å². The van der Waals surface area contributed by atoms with E-state index < -0.39 is 0 Å². The van der Waals surface area contributed by atoms with Gasteiger partial charge in [0, 0.05) is 17.0 Å². The van der Waals surface area contributed by atoms with E-state index in [1.807, 2.05) is 36.4 Å². The van der Waals surface area contributed by atoms with Gasteiger partial charge >= 0.3 is 5.63 Å². The predicted octanol–water partition coefficient (Wildman–Crippen LogP) is 6.49. The lowest BCUT2D eigenvalue weighted by atomic mass is 9.79. The Bertz CT molecular complexity index is 1510. The van der Waals surface area contributed by atoms with Crippen LogP contribution < -0.4 is 10.9 Å². The summed E-state index contributed by atoms with van der Waals surface area (Å²) in [5.74, 6) is -0.205. The molecule has 1 aliphatic rings. The molecule has 30 heavy (non-hydrogen) atoms. The molecule has 1 aromatic heterocycles. The number of rotatable bonds is 1. The average Bonchev–Trinajstić information content (AvgIpc) is 2.78. The van der Waals surface area contributed by atoms with Crippen LogP contribution in [0.5, 0.6) is 0 Å². The Morgan fingerprint density at radius 2 is 1.57 bits per heavy atom. The minimum Gasteiger partial charge on any atom is -0.422 e. The molecule has 0 fully saturated rings. The summed E-state index contributed by atoms with van der Waals surface area (Å²) in [6.07, 6.45) is 0. The van der Waals surface area contributed by atoms with Gasteiger partial charge in [-0.1, -0.05) is 72.3 Å². The van der Waals surface area contributed by atoms with Crippen molar-refractivity contribution in [3.8, 4) is 0 Å². The topological polar surface area (TPSA) is 42.2 Å². The Morgan fingerprint density at radius 3 is 2.47 bits per heavy atom. The molecule has 1 N–H and O–H groups in total. The van der Waals surface area contributed by atoms with Crippen molar-refractivity contribution < 1.29 is 4.42 Å². The zero-order valence-corrected chi connectivity index (χ0v) is 16.5. The summed E-state index contributed by atoms with van der Waals surface area (Å²) < 4.78 is 5.77. The van der Waals surface area contributed by atoms with Crippen molar-refractivity contribution in [3.05, 3.63) is 118 Å². The van der Waals surface area contributed by atoms with Crippen molar-refractivity contribution in [1.82, 2.24) is 0 Å². The van der Waals surface area contributed by atoms with E-state index >= 15 is 0 Å². The summed E-state index contributed by atoms with van der Waals surface area (Å²) in [4.78, 5) is 13.3. The molecule has 3 nitrogen and oxygen atoms in total. The van der Waals surface area contributed by atoms with E-state index in [2.05, 4.69) is 60.8 Å². The van der Waals surface area contributed by atoms with Crippen LogP contribution >= 0.6 is 0 Å². The Balaban J connectivity index is 1.76. The molecular weight excluding hydrogens is 370 g/mol. The summed E-state index contributed by atoms with van der Waals surface area (Å²) in [5, 5.41) is 6.77. The zero-order chi connectivity index (χ0) is 20.2. The molecule has 1 aliphatic heterocycles. The van der Waals surface area contributed by atoms with Gasteiger partial charge in [-0.2, -0.15) is 0 Å². The van der Waals surface area contributed by atoms with Gasteiger partial charge in [-0.3, -0.25) is 0 Å². The third-order valence-corrected chi connectivity index (χ3v) is 6.05. The quantitative estimate of drug-likeness (QED) is 0.327. The van der Waals surface area contributed by atoms with Gasteiger partial charge < -0.3 is 9.73 Å². The highest BCUT2D eigenvalue weighted by Crippen LogP contribution is 2.47. The van der Waals surface area contributed by atoms with Gasteiger partial charge in [-0.25, -0.2) is 4.79 Å². The van der Waals surface area contributed by atoms with E-state index in [1.165, 1.54) is 0 Å². The van der Waals surface area contributed by atoms with Crippen molar-refractivity contribution in [2.24, 2.45) is 0 Å². The fraction of sp³-hybridized carbons (Fsp3) is 0.0741. The van der Waals surface area contributed by atoms with Gasteiger partial charge in [0.25, 0.3) is 0 Å². The van der Waals surface area contributed by atoms with Crippen LogP contribution in [0.3, 0.4) is 0 Å². The highest BCUT2D eigenvalue weighted by molar-refractivity contribution is 5.97. The molecule has 0 spiro atoms. The third kappa shape index (κ3) is 2.42. The van der Waals surface area contributed by atoms with Gasteiger partial charge in [0.2, 0.25) is 0 Å². The standard InChI is InChI=1S/C27H19NO2/c1-16-13-14-22-21(15-16)24(19-11-6-8-17-7-2-3-9-18(17)19)25-26(28-22)20-10-4-5-12-23(20)30-27(25)29/h2-15,24,28H,1H3. The minimum atomic E-state index is -0.290. The van der Waals surface area contributed by atoms with Crippen LogP contribution in [0, 0.1) is 6.92 Å². The Labute approximate surface area is 173 Å². The first-order chi connectivity index (χ1) is 14.7. The molecule has 0 saturated carbocycles. The molecule has 0 saturated heterocycles. The monoisotopic (exact) mass is 389 g/mol. The van der Waals surface area contributed by atoms with Crippen LogP contribution in [0.25, 0.3) is 21.7 Å². The maximum absolute atomic E-state index is 13.3. The van der Waals surface area contributed by atoms with Crippen molar-refractivity contribution in [2.45, 2.75) is 12.8 Å². The molecule has 0 aliphatic carbocycles. The van der Waals surface area contributed by atoms with E-state index in [0.717, 1.165) is 44.2 Å². The lowest BCUT2D eigenvalue weighted by molar-refractivity contribution is 0.549. The van der Waals surface area contributed by atoms with Crippen LogP contribution in [0.2, 0.25) is 0 Å². The first kappa shape index (κ1) is 17.0. The van der Waals surface area contributed by atoms with Gasteiger partial charge in [-0.15, -0.1) is 0 Å². The van der Waals surface area contributed by atoms with Crippen LogP contribution in [-0.4, -0.2) is 0 Å². The maximum atomic E-state index is 13.3. The van der Waals surface area contributed by atoms with Gasteiger partial charge in [0.05, 0.1) is 11.3 Å². The fourth-order valence-corrected chi connectivity index (χ4v) is 4.71. The molecule has 1 unspecified atom stereocenters. The van der Waals surface area contributed by atoms with Gasteiger partial charge in [0.15, 0.2) is 0 Å². The maximum Gasteiger partial charge on any atom is 0.342 e. The largest absolute Gasteiger partial charge is 0.422 e. The second kappa shape index (κ2) is 6.33. The third-order valence-electron chi connectivity index (χ3n) is 6.05. The molecule has 4 aromatic carbocycles. The molecule has 0 radical (unpaired) electrons. The SMILES string of the molecule is Cc1ccc2c(c1)C(c1cccc3ccccc13)c1c(c3ccccc3oc1=O)N2. The molecule has 6 rings (SSSR count). The molecule has 144 valence electrons. The fourth-order valence-electron chi connectivity index (χ4n) is 4.71. The molecule has 1 atom stereocenters. The lowest BCUT2D eigenvalue weighted by Gasteiger charge is -2.30. The molecule has 5 aromatic rings. The number of para-hydroxylation sites is 1. The van der Waals surface area contributed by atoms with E-state index in [0.29, 0.717) is 11.1 Å². The summed E-state index contributed by atoms with van der Waals surface area (Å²) in [7, 11) is 0. The Hall–Kier alpha value is -3.85. The molecule has 0 bridgehead atoms. The Morgan fingerprint density at radius 1 is 0.800 bits per heavy atom. The molecule has 2 heterocycles. The predicted molar refractivity (Wildman–Crippen MR) is 122 cm³/mol. The van der Waals surface area contributed by atoms with E-state index in [9.17, 15) is 4.79 Å². The number of fused-ring (bicyclic) bond motifs is 5. The second-order valence-corrected chi connectivity index (χ2v) is 7.89. The lowest BCUT2D eigenvalue weighted by Crippen LogP contribution is -2.22. The van der Waals surface area contributed by atoms with Gasteiger partial charge in [0.1, 0.15) is 5.58 Å². The van der Waals surface area contributed by atoms with E-state index in [4.69, 9.17) is 4.42 Å².